The van der Waals surface area contributed by atoms with E-state index in [9.17, 15) is 9.59 Å². The number of rotatable bonds is 13. The molecule has 0 aliphatic rings. The average Bonchev–Trinajstić information content (AvgIpc) is 2.57. The number of urea groups is 1. The maximum absolute atomic E-state index is 11.6. The van der Waals surface area contributed by atoms with E-state index in [1.165, 1.54) is 0 Å². The van der Waals surface area contributed by atoms with Crippen molar-refractivity contribution in [3.8, 4) is 0 Å². The molecule has 0 aliphatic heterocycles. The van der Waals surface area contributed by atoms with Gasteiger partial charge in [-0.1, -0.05) is 0 Å². The molecule has 0 saturated heterocycles. The van der Waals surface area contributed by atoms with Crippen molar-refractivity contribution in [2.45, 2.75) is 18.9 Å². The summed E-state index contributed by atoms with van der Waals surface area (Å²) >= 11 is 1.63. The smallest absolute Gasteiger partial charge is 0.377 e. The molecule has 136 valence electrons. The van der Waals surface area contributed by atoms with Crippen molar-refractivity contribution >= 4 is 32.5 Å². The Morgan fingerprint density at radius 2 is 1.52 bits per heavy atom. The molecule has 0 aliphatic carbocycles. The first-order chi connectivity index (χ1) is 11.0. The zero-order chi connectivity index (χ0) is 17.6. The Labute approximate surface area is 143 Å². The van der Waals surface area contributed by atoms with Crippen LogP contribution in [0.2, 0.25) is 6.04 Å². The van der Waals surface area contributed by atoms with E-state index in [4.69, 9.17) is 13.3 Å². The number of carbonyl (C=O) groups is 2. The lowest BCUT2D eigenvalue weighted by molar-refractivity contribution is -0.120. The van der Waals surface area contributed by atoms with Crippen LogP contribution in [0.1, 0.15) is 12.8 Å². The fourth-order valence-corrected chi connectivity index (χ4v) is 3.90. The average molecular weight is 368 g/mol. The lowest BCUT2D eigenvalue weighted by Crippen LogP contribution is -2.44. The number of nitrogens with one attached hydrogen (secondary N) is 3. The first-order valence-electron chi connectivity index (χ1n) is 7.46. The van der Waals surface area contributed by atoms with Gasteiger partial charge in [0.2, 0.25) is 5.91 Å². The standard InChI is InChI=1S/C13H29N3O5SSi/c1-19-23(20-2,21-3)11-5-7-15-13(18)16-9-8-14-12(17)6-10-22-4/h5-11H2,1-4H3,(H,14,17)(H2,15,16,18). The van der Waals surface area contributed by atoms with Gasteiger partial charge in [-0.3, -0.25) is 4.79 Å². The van der Waals surface area contributed by atoms with E-state index in [2.05, 4.69) is 16.0 Å². The fraction of sp³-hybridized carbons (Fsp3) is 0.846. The molecule has 0 saturated carbocycles. The van der Waals surface area contributed by atoms with Gasteiger partial charge in [-0.25, -0.2) is 4.79 Å². The van der Waals surface area contributed by atoms with Crippen molar-refractivity contribution < 1.29 is 22.9 Å². The zero-order valence-electron chi connectivity index (χ0n) is 14.4. The zero-order valence-corrected chi connectivity index (χ0v) is 16.2. The van der Waals surface area contributed by atoms with Gasteiger partial charge in [0.15, 0.2) is 0 Å². The van der Waals surface area contributed by atoms with E-state index < -0.39 is 8.80 Å². The van der Waals surface area contributed by atoms with Crippen LogP contribution in [0.25, 0.3) is 0 Å². The Morgan fingerprint density at radius 3 is 2.09 bits per heavy atom. The number of carbonyl (C=O) groups excluding carboxylic acids is 2. The quantitative estimate of drug-likeness (QED) is 0.322. The van der Waals surface area contributed by atoms with Gasteiger partial charge < -0.3 is 29.2 Å². The van der Waals surface area contributed by atoms with Crippen LogP contribution in [-0.2, 0) is 18.1 Å². The predicted molar refractivity (Wildman–Crippen MR) is 93.6 cm³/mol. The maximum atomic E-state index is 11.6. The number of amides is 3. The van der Waals surface area contributed by atoms with Crippen LogP contribution in [-0.4, -0.2) is 73.7 Å². The molecule has 23 heavy (non-hydrogen) atoms. The molecule has 0 unspecified atom stereocenters. The molecule has 3 amide bonds. The highest BCUT2D eigenvalue weighted by Crippen LogP contribution is 2.14. The first-order valence-corrected chi connectivity index (χ1v) is 10.8. The van der Waals surface area contributed by atoms with Crippen LogP contribution >= 0.6 is 11.8 Å². The number of hydrogen-bond donors (Lipinski definition) is 3. The SMILES string of the molecule is CO[Si](CCCNC(=O)NCCNC(=O)CCSC)(OC)OC. The van der Waals surface area contributed by atoms with Gasteiger partial charge in [0.1, 0.15) is 0 Å². The molecule has 0 aromatic heterocycles. The van der Waals surface area contributed by atoms with Gasteiger partial charge >= 0.3 is 14.8 Å². The van der Waals surface area contributed by atoms with Crippen LogP contribution in [0.5, 0.6) is 0 Å². The van der Waals surface area contributed by atoms with Gasteiger partial charge in [-0.15, -0.1) is 0 Å². The van der Waals surface area contributed by atoms with Crippen molar-refractivity contribution in [1.82, 2.24) is 16.0 Å². The summed E-state index contributed by atoms with van der Waals surface area (Å²) in [6.45, 7) is 1.31. The van der Waals surface area contributed by atoms with Crippen LogP contribution in [0.4, 0.5) is 4.79 Å². The topological polar surface area (TPSA) is 97.9 Å². The summed E-state index contributed by atoms with van der Waals surface area (Å²) < 4.78 is 15.9. The van der Waals surface area contributed by atoms with Gasteiger partial charge in [0, 0.05) is 59.2 Å². The summed E-state index contributed by atoms with van der Waals surface area (Å²) in [5.74, 6) is 0.802. The molecule has 0 aromatic carbocycles. The Balaban J connectivity index is 3.66. The molecule has 0 rings (SSSR count). The number of thioether (sulfide) groups is 1. The summed E-state index contributed by atoms with van der Waals surface area (Å²) in [6, 6.07) is 0.366. The second-order valence-corrected chi connectivity index (χ2v) is 8.75. The van der Waals surface area contributed by atoms with E-state index in [-0.39, 0.29) is 11.9 Å². The summed E-state index contributed by atoms with van der Waals surface area (Å²) in [7, 11) is 2.12. The highest BCUT2D eigenvalue weighted by atomic mass is 32.2. The molecule has 0 bridgehead atoms. The van der Waals surface area contributed by atoms with Crippen molar-refractivity contribution in [3.63, 3.8) is 0 Å². The molecule has 0 aromatic rings. The van der Waals surface area contributed by atoms with E-state index in [0.29, 0.717) is 38.5 Å². The molecular formula is C13H29N3O5SSi. The van der Waals surface area contributed by atoms with E-state index in [1.54, 1.807) is 33.1 Å². The molecule has 3 N–H and O–H groups in total. The van der Waals surface area contributed by atoms with Gasteiger partial charge in [0.25, 0.3) is 0 Å². The third-order valence-electron chi connectivity index (χ3n) is 3.14. The Bertz CT molecular complexity index is 337. The third kappa shape index (κ3) is 10.6. The van der Waals surface area contributed by atoms with Crippen LogP contribution < -0.4 is 16.0 Å². The summed E-state index contributed by atoms with van der Waals surface area (Å²) in [4.78, 5) is 22.9. The monoisotopic (exact) mass is 367 g/mol. The minimum Gasteiger partial charge on any atom is -0.377 e. The van der Waals surface area contributed by atoms with Crippen LogP contribution in [0.3, 0.4) is 0 Å². The van der Waals surface area contributed by atoms with E-state index in [1.807, 2.05) is 6.26 Å². The van der Waals surface area contributed by atoms with Crippen molar-refractivity contribution in [2.75, 3.05) is 53.0 Å². The van der Waals surface area contributed by atoms with Gasteiger partial charge in [-0.05, 0) is 12.7 Å². The highest BCUT2D eigenvalue weighted by Gasteiger charge is 2.36. The Hall–Kier alpha value is -0.813. The molecule has 10 heteroatoms. The summed E-state index contributed by atoms with van der Waals surface area (Å²) in [6.07, 6.45) is 3.15. The van der Waals surface area contributed by atoms with Crippen LogP contribution in [0.15, 0.2) is 0 Å². The lowest BCUT2D eigenvalue weighted by atomic mass is 10.4. The fourth-order valence-electron chi connectivity index (χ4n) is 1.79. The minimum atomic E-state index is -2.57. The first kappa shape index (κ1) is 22.2. The molecular weight excluding hydrogens is 338 g/mol. The maximum Gasteiger partial charge on any atom is 0.500 e. The lowest BCUT2D eigenvalue weighted by Gasteiger charge is -2.24. The van der Waals surface area contributed by atoms with Gasteiger partial charge in [-0.2, -0.15) is 11.8 Å². The van der Waals surface area contributed by atoms with Crippen molar-refractivity contribution in [1.29, 1.82) is 0 Å². The van der Waals surface area contributed by atoms with Gasteiger partial charge in [0.05, 0.1) is 0 Å². The third-order valence-corrected chi connectivity index (χ3v) is 6.59. The molecule has 0 heterocycles. The summed E-state index contributed by atoms with van der Waals surface area (Å²) in [5.41, 5.74) is 0. The molecule has 0 fully saturated rings. The van der Waals surface area contributed by atoms with Crippen molar-refractivity contribution in [2.24, 2.45) is 0 Å². The van der Waals surface area contributed by atoms with E-state index >= 15 is 0 Å². The van der Waals surface area contributed by atoms with E-state index in [0.717, 1.165) is 5.75 Å². The normalized spacial score (nSPS) is 11.1. The molecule has 0 atom stereocenters. The predicted octanol–water partition coefficient (Wildman–Crippen LogP) is 0.423. The summed E-state index contributed by atoms with van der Waals surface area (Å²) in [5, 5.41) is 8.16. The second-order valence-electron chi connectivity index (χ2n) is 4.67. The van der Waals surface area contributed by atoms with Crippen molar-refractivity contribution in [3.05, 3.63) is 0 Å². The Morgan fingerprint density at radius 1 is 0.957 bits per heavy atom. The second kappa shape index (κ2) is 13.6. The largest absolute Gasteiger partial charge is 0.500 e. The molecule has 0 spiro atoms. The number of hydrogen-bond acceptors (Lipinski definition) is 6. The molecule has 0 radical (unpaired) electrons. The molecule has 8 nitrogen and oxygen atoms in total. The van der Waals surface area contributed by atoms with Crippen LogP contribution in [0, 0.1) is 0 Å². The highest BCUT2D eigenvalue weighted by molar-refractivity contribution is 7.98. The minimum absolute atomic E-state index is 0.00144. The Kier molecular flexibility index (Phi) is 13.1.